The zero-order chi connectivity index (χ0) is 18.8. The summed E-state index contributed by atoms with van der Waals surface area (Å²) >= 11 is 4.80. The Morgan fingerprint density at radius 3 is 2.93 bits per heavy atom. The SMILES string of the molecule is O=C(c1ccc(Br)s1)N(Cc1nc2ccccc2c(=O)[nH]1)C[C@H]1CCCO1. The van der Waals surface area contributed by atoms with Gasteiger partial charge in [0.1, 0.15) is 5.82 Å². The van der Waals surface area contributed by atoms with Crippen molar-refractivity contribution in [3.05, 3.63) is 61.2 Å². The highest BCUT2D eigenvalue weighted by atomic mass is 79.9. The number of carbonyl (C=O) groups is 1. The van der Waals surface area contributed by atoms with Crippen molar-refractivity contribution in [1.29, 1.82) is 0 Å². The van der Waals surface area contributed by atoms with Crippen LogP contribution >= 0.6 is 27.3 Å². The minimum Gasteiger partial charge on any atom is -0.376 e. The second-order valence-corrected chi connectivity index (χ2v) is 8.92. The van der Waals surface area contributed by atoms with Gasteiger partial charge in [-0.25, -0.2) is 4.98 Å². The standard InChI is InChI=1S/C19H18BrN3O3S/c20-16-8-7-15(27-16)19(25)23(10-12-4-3-9-26-12)11-17-21-14-6-2-1-5-13(14)18(24)22-17/h1-2,5-8,12H,3-4,9-11H2,(H,21,22,24)/t12-/m1/s1. The second-order valence-electron chi connectivity index (χ2n) is 6.45. The quantitative estimate of drug-likeness (QED) is 0.648. The fourth-order valence-electron chi connectivity index (χ4n) is 3.23. The van der Waals surface area contributed by atoms with E-state index in [1.54, 1.807) is 29.2 Å². The van der Waals surface area contributed by atoms with Gasteiger partial charge in [0.15, 0.2) is 0 Å². The highest BCUT2D eigenvalue weighted by molar-refractivity contribution is 9.11. The highest BCUT2D eigenvalue weighted by Gasteiger charge is 2.25. The third-order valence-corrected chi connectivity index (χ3v) is 6.13. The molecule has 1 aromatic carbocycles. The normalized spacial score (nSPS) is 16.7. The van der Waals surface area contributed by atoms with Gasteiger partial charge in [-0.3, -0.25) is 9.59 Å². The van der Waals surface area contributed by atoms with Gasteiger partial charge in [-0.15, -0.1) is 11.3 Å². The zero-order valence-corrected chi connectivity index (χ0v) is 16.9. The third-order valence-electron chi connectivity index (χ3n) is 4.52. The van der Waals surface area contributed by atoms with Gasteiger partial charge in [-0.05, 0) is 53.0 Å². The maximum absolute atomic E-state index is 13.0. The van der Waals surface area contributed by atoms with Crippen LogP contribution in [0.15, 0.2) is 45.0 Å². The van der Waals surface area contributed by atoms with Crippen molar-refractivity contribution in [2.24, 2.45) is 0 Å². The van der Waals surface area contributed by atoms with Gasteiger partial charge < -0.3 is 14.6 Å². The molecule has 3 heterocycles. The fourth-order valence-corrected chi connectivity index (χ4v) is 4.58. The molecule has 2 aromatic heterocycles. The summed E-state index contributed by atoms with van der Waals surface area (Å²) in [5.41, 5.74) is 0.429. The van der Waals surface area contributed by atoms with Crippen LogP contribution in [0, 0.1) is 0 Å². The van der Waals surface area contributed by atoms with Gasteiger partial charge in [0.2, 0.25) is 0 Å². The number of nitrogens with zero attached hydrogens (tertiary/aromatic N) is 2. The van der Waals surface area contributed by atoms with Crippen LogP contribution in [-0.2, 0) is 11.3 Å². The van der Waals surface area contributed by atoms with Crippen LogP contribution in [0.5, 0.6) is 0 Å². The summed E-state index contributed by atoms with van der Waals surface area (Å²) in [4.78, 5) is 35.1. The number of thiophene rings is 1. The van der Waals surface area contributed by atoms with E-state index in [0.717, 1.165) is 23.2 Å². The molecule has 6 nitrogen and oxygen atoms in total. The summed E-state index contributed by atoms with van der Waals surface area (Å²) in [6.07, 6.45) is 1.95. The molecule has 0 unspecified atom stereocenters. The smallest absolute Gasteiger partial charge is 0.264 e. The number of amides is 1. The average Bonchev–Trinajstić information content (AvgIpc) is 3.32. The zero-order valence-electron chi connectivity index (χ0n) is 14.5. The molecule has 1 N–H and O–H groups in total. The highest BCUT2D eigenvalue weighted by Crippen LogP contribution is 2.25. The summed E-state index contributed by atoms with van der Waals surface area (Å²) in [5, 5.41) is 0.542. The van der Waals surface area contributed by atoms with Crippen LogP contribution < -0.4 is 5.56 Å². The minimum absolute atomic E-state index is 0.0181. The topological polar surface area (TPSA) is 75.3 Å². The van der Waals surface area contributed by atoms with E-state index in [1.165, 1.54) is 11.3 Å². The van der Waals surface area contributed by atoms with Crippen LogP contribution in [0.1, 0.15) is 28.3 Å². The van der Waals surface area contributed by atoms with E-state index in [0.29, 0.717) is 28.1 Å². The number of para-hydroxylation sites is 1. The number of H-pyrrole nitrogens is 1. The first-order valence-electron chi connectivity index (χ1n) is 8.74. The van der Waals surface area contributed by atoms with Crippen LogP contribution in [0.3, 0.4) is 0 Å². The molecule has 140 valence electrons. The molecule has 0 aliphatic carbocycles. The van der Waals surface area contributed by atoms with E-state index in [1.807, 2.05) is 12.1 Å². The Hall–Kier alpha value is -2.03. The van der Waals surface area contributed by atoms with Crippen molar-refractivity contribution < 1.29 is 9.53 Å². The first-order chi connectivity index (χ1) is 13.1. The molecule has 1 atom stereocenters. The van der Waals surface area contributed by atoms with E-state index in [9.17, 15) is 9.59 Å². The lowest BCUT2D eigenvalue weighted by molar-refractivity contribution is 0.0505. The Morgan fingerprint density at radius 2 is 2.19 bits per heavy atom. The molecule has 4 rings (SSSR count). The molecule has 27 heavy (non-hydrogen) atoms. The van der Waals surface area contributed by atoms with Crippen molar-refractivity contribution >= 4 is 44.1 Å². The van der Waals surface area contributed by atoms with Gasteiger partial charge in [-0.1, -0.05) is 12.1 Å². The van der Waals surface area contributed by atoms with Crippen molar-refractivity contribution in [2.45, 2.75) is 25.5 Å². The van der Waals surface area contributed by atoms with Crippen LogP contribution in [0.4, 0.5) is 0 Å². The van der Waals surface area contributed by atoms with Crippen LogP contribution in [-0.4, -0.2) is 40.0 Å². The van der Waals surface area contributed by atoms with E-state index in [2.05, 4.69) is 25.9 Å². The lowest BCUT2D eigenvalue weighted by atomic mass is 10.2. The number of carbonyl (C=O) groups excluding carboxylic acids is 1. The van der Waals surface area contributed by atoms with Gasteiger partial charge in [-0.2, -0.15) is 0 Å². The van der Waals surface area contributed by atoms with Crippen molar-refractivity contribution in [3.63, 3.8) is 0 Å². The molecule has 8 heteroatoms. The Balaban J connectivity index is 1.63. The van der Waals surface area contributed by atoms with Crippen molar-refractivity contribution in [1.82, 2.24) is 14.9 Å². The molecule has 1 saturated heterocycles. The monoisotopic (exact) mass is 447 g/mol. The summed E-state index contributed by atoms with van der Waals surface area (Å²) in [6.45, 7) is 1.43. The van der Waals surface area contributed by atoms with E-state index < -0.39 is 0 Å². The molecular formula is C19H18BrN3O3S. The predicted molar refractivity (Wildman–Crippen MR) is 108 cm³/mol. The number of halogens is 1. The number of rotatable bonds is 5. The molecule has 3 aromatic rings. The summed E-state index contributed by atoms with van der Waals surface area (Å²) < 4.78 is 6.62. The first kappa shape index (κ1) is 18.3. The van der Waals surface area contributed by atoms with Crippen molar-refractivity contribution in [3.8, 4) is 0 Å². The molecular weight excluding hydrogens is 430 g/mol. The Kier molecular flexibility index (Phi) is 5.38. The third kappa shape index (κ3) is 4.12. The average molecular weight is 448 g/mol. The van der Waals surface area contributed by atoms with Crippen LogP contribution in [0.25, 0.3) is 10.9 Å². The second kappa shape index (κ2) is 7.92. The molecule has 1 fully saturated rings. The molecule has 1 amide bonds. The summed E-state index contributed by atoms with van der Waals surface area (Å²) in [7, 11) is 0. The predicted octanol–water partition coefficient (Wildman–Crippen LogP) is 3.57. The number of ether oxygens (including phenoxy) is 1. The number of fused-ring (bicyclic) bond motifs is 1. The Bertz CT molecular complexity index is 1030. The van der Waals surface area contributed by atoms with Gasteiger partial charge in [0.05, 0.1) is 32.2 Å². The number of aromatic amines is 1. The van der Waals surface area contributed by atoms with E-state index in [-0.39, 0.29) is 24.1 Å². The summed E-state index contributed by atoms with van der Waals surface area (Å²) in [5.74, 6) is 0.387. The van der Waals surface area contributed by atoms with Crippen molar-refractivity contribution in [2.75, 3.05) is 13.2 Å². The van der Waals surface area contributed by atoms with Gasteiger partial charge in [0.25, 0.3) is 11.5 Å². The number of hydrogen-bond acceptors (Lipinski definition) is 5. The van der Waals surface area contributed by atoms with Crippen LogP contribution in [0.2, 0.25) is 0 Å². The molecule has 1 aliphatic rings. The minimum atomic E-state index is -0.195. The largest absolute Gasteiger partial charge is 0.376 e. The summed E-state index contributed by atoms with van der Waals surface area (Å²) in [6, 6.07) is 10.9. The molecule has 0 bridgehead atoms. The maximum atomic E-state index is 13.0. The Morgan fingerprint density at radius 1 is 1.33 bits per heavy atom. The maximum Gasteiger partial charge on any atom is 0.264 e. The number of hydrogen-bond donors (Lipinski definition) is 1. The van der Waals surface area contributed by atoms with Gasteiger partial charge in [0, 0.05) is 13.2 Å². The fraction of sp³-hybridized carbons (Fsp3) is 0.316. The number of benzene rings is 1. The lowest BCUT2D eigenvalue weighted by Gasteiger charge is -2.24. The molecule has 0 saturated carbocycles. The molecule has 1 aliphatic heterocycles. The van der Waals surface area contributed by atoms with E-state index in [4.69, 9.17) is 4.74 Å². The molecule has 0 radical (unpaired) electrons. The number of nitrogens with one attached hydrogen (secondary N) is 1. The van der Waals surface area contributed by atoms with E-state index >= 15 is 0 Å². The number of aromatic nitrogens is 2. The van der Waals surface area contributed by atoms with Gasteiger partial charge >= 0.3 is 0 Å². The molecule has 0 spiro atoms. The lowest BCUT2D eigenvalue weighted by Crippen LogP contribution is -2.37. The first-order valence-corrected chi connectivity index (χ1v) is 10.4. The Labute approximate surface area is 168 Å².